The van der Waals surface area contributed by atoms with E-state index in [1.54, 1.807) is 72.8 Å². The van der Waals surface area contributed by atoms with Gasteiger partial charge in [-0.25, -0.2) is 14.4 Å². The maximum atomic E-state index is 12.9. The minimum Gasteiger partial charge on any atom is -0.497 e. The van der Waals surface area contributed by atoms with Crippen LogP contribution < -0.4 is 25.4 Å². The minimum atomic E-state index is -1.86. The van der Waals surface area contributed by atoms with Gasteiger partial charge in [-0.3, -0.25) is 29.8 Å². The molecule has 22 heteroatoms. The number of urea groups is 1. The third kappa shape index (κ3) is 14.8. The van der Waals surface area contributed by atoms with Gasteiger partial charge in [0.15, 0.2) is 0 Å². The molecule has 0 aromatic heterocycles. The number of imide groups is 1. The van der Waals surface area contributed by atoms with Crippen molar-refractivity contribution in [1.29, 1.82) is 0 Å². The number of carbonyl (C=O) groups excluding carboxylic acids is 7. The van der Waals surface area contributed by atoms with Crippen LogP contribution in [0.3, 0.4) is 0 Å². The molecular weight excluding hydrogens is 1100 g/mol. The summed E-state index contributed by atoms with van der Waals surface area (Å²) in [6, 6.07) is 31.1. The number of halogens is 2. The van der Waals surface area contributed by atoms with Gasteiger partial charge in [-0.05, 0) is 82.9 Å². The lowest BCUT2D eigenvalue weighted by Gasteiger charge is -2.30. The van der Waals surface area contributed by atoms with Gasteiger partial charge in [0.25, 0.3) is 17.7 Å². The lowest BCUT2D eigenvalue weighted by molar-refractivity contribution is -0.146. The summed E-state index contributed by atoms with van der Waals surface area (Å²) in [6.45, 7) is 0.158. The molecule has 0 spiro atoms. The molecule has 3 aliphatic rings. The zero-order chi connectivity index (χ0) is 54.7. The summed E-state index contributed by atoms with van der Waals surface area (Å²) < 4.78 is 21.5. The summed E-state index contributed by atoms with van der Waals surface area (Å²) in [5.41, 5.74) is 1.92. The zero-order valence-corrected chi connectivity index (χ0v) is 43.6. The molecule has 3 aliphatic heterocycles. The average Bonchev–Trinajstić information content (AvgIpc) is 4.02. The van der Waals surface area contributed by atoms with E-state index < -0.39 is 35.1 Å². The lowest BCUT2D eigenvalue weighted by atomic mass is 9.99. The highest BCUT2D eigenvalue weighted by atomic mass is 79.9. The molecule has 0 bridgehead atoms. The Morgan fingerprint density at radius 3 is 1.68 bits per heavy atom. The van der Waals surface area contributed by atoms with Crippen LogP contribution in [0.5, 0.6) is 11.5 Å². The summed E-state index contributed by atoms with van der Waals surface area (Å²) in [4.78, 5) is 86.8. The van der Waals surface area contributed by atoms with Crippen LogP contribution in [-0.2, 0) is 32.2 Å². The van der Waals surface area contributed by atoms with E-state index in [2.05, 4.69) is 80.6 Å². The first kappa shape index (κ1) is 56.9. The summed E-state index contributed by atoms with van der Waals surface area (Å²) in [5, 5.41) is 29.7. The van der Waals surface area contributed by atoms with Crippen molar-refractivity contribution in [3.8, 4) is 35.7 Å². The predicted octanol–water partition coefficient (Wildman–Crippen LogP) is 6.16. The van der Waals surface area contributed by atoms with Gasteiger partial charge in [-0.1, -0.05) is 108 Å². The quantitative estimate of drug-likeness (QED) is 0.0189. The molecule has 8 rings (SSSR count). The summed E-state index contributed by atoms with van der Waals surface area (Å²) in [7, 11) is 5.29. The molecule has 0 aliphatic carbocycles. The molecule has 5 N–H and O–H groups in total. The molecule has 75 heavy (non-hydrogen) atoms. The van der Waals surface area contributed by atoms with Crippen LogP contribution in [0.1, 0.15) is 58.9 Å². The Labute approximate surface area is 447 Å². The minimum absolute atomic E-state index is 0.108. The Bertz CT molecular complexity index is 3100. The summed E-state index contributed by atoms with van der Waals surface area (Å²) >= 11 is 6.55. The highest BCUT2D eigenvalue weighted by Gasteiger charge is 2.49. The average molecular weight is 1150 g/mol. The number of oxime groups is 2. The Morgan fingerprint density at radius 2 is 1.24 bits per heavy atom. The third-order valence-corrected chi connectivity index (χ3v) is 12.1. The maximum absolute atomic E-state index is 12.9. The van der Waals surface area contributed by atoms with Crippen LogP contribution in [0.2, 0.25) is 0 Å². The van der Waals surface area contributed by atoms with Gasteiger partial charge >= 0.3 is 18.1 Å². The zero-order valence-electron chi connectivity index (χ0n) is 40.5. The molecule has 0 unspecified atom stereocenters. The van der Waals surface area contributed by atoms with Crippen molar-refractivity contribution in [1.82, 2.24) is 25.8 Å². The van der Waals surface area contributed by atoms with Crippen molar-refractivity contribution >= 4 is 86.4 Å². The molecule has 386 valence electrons. The van der Waals surface area contributed by atoms with E-state index in [0.717, 1.165) is 46.1 Å². The van der Waals surface area contributed by atoms with Crippen LogP contribution in [0, 0.1) is 24.2 Å². The number of aldehydes is 1. The number of rotatable bonds is 11. The van der Waals surface area contributed by atoms with Crippen molar-refractivity contribution in [3.63, 3.8) is 0 Å². The smallest absolute Gasteiger partial charge is 0.408 e. The molecule has 0 radical (unpaired) electrons. The number of hydrogen-bond donors (Lipinski definition) is 5. The number of carbonyl (C=O) groups is 7. The van der Waals surface area contributed by atoms with Crippen molar-refractivity contribution in [3.05, 3.63) is 163 Å². The second kappa shape index (κ2) is 26.6. The molecule has 3 heterocycles. The number of benzene rings is 5. The summed E-state index contributed by atoms with van der Waals surface area (Å²) in [5.74, 6) is 6.97. The molecule has 6 amide bonds. The predicted molar refractivity (Wildman–Crippen MR) is 280 cm³/mol. The van der Waals surface area contributed by atoms with Gasteiger partial charge in [0, 0.05) is 44.3 Å². The largest absolute Gasteiger partial charge is 0.497 e. The van der Waals surface area contributed by atoms with E-state index in [1.165, 1.54) is 36.4 Å². The molecule has 20 nitrogen and oxygen atoms in total. The Morgan fingerprint density at radius 1 is 0.747 bits per heavy atom. The normalized spacial score (nSPS) is 15.5. The standard InChI is InChI=1S/C22H18N4O5.C17H18N2O6.C7H6BrNO.C7H5BrO/c1-31-17-7-6-16-12-26(19(27)18(16)10-17)13-22(20(28)24-21(29)25-22)9-8-14-2-4-15(5-3-14)11-23-30;1-5-17(15(21)24-3,18-16(22)25-4)10-19-9-11-6-7-12(23-2)8-13(11)14(19)20;8-7-3-1-6(2-4-7)5-9-10;8-7-3-1-6(5-9)2-4-7/h2-7,10-11,30H,12-13H2,1H3,(H2,24,25,28,29);1,6-8H,9-10H2,2-4H3,(H,18,22);1-5,10H;1-5H/b23-11-;;9-5-;/t22-;17-;;/m11../s1. The highest BCUT2D eigenvalue weighted by molar-refractivity contribution is 9.10. The number of nitrogens with one attached hydrogen (secondary N) is 3. The van der Waals surface area contributed by atoms with Gasteiger partial charge in [-0.15, -0.1) is 6.42 Å². The number of ether oxygens (including phenoxy) is 4. The molecule has 5 aromatic carbocycles. The highest BCUT2D eigenvalue weighted by Crippen LogP contribution is 2.30. The van der Waals surface area contributed by atoms with Crippen LogP contribution in [-0.4, -0.2) is 127 Å². The first-order valence-corrected chi connectivity index (χ1v) is 23.5. The van der Waals surface area contributed by atoms with Gasteiger partial charge in [-0.2, -0.15) is 0 Å². The van der Waals surface area contributed by atoms with E-state index in [0.29, 0.717) is 45.9 Å². The fourth-order valence-corrected chi connectivity index (χ4v) is 7.77. The third-order valence-electron chi connectivity index (χ3n) is 11.1. The Kier molecular flexibility index (Phi) is 20.2. The SMILES string of the molecule is C#C[C@](CN1Cc2ccc(OC)cc2C1=O)(NC(=O)OC)C(=O)OC.COc1ccc2c(c1)C(=O)N(C[C@@]1(C#Cc3ccc(/C=N\O)cc3)NC(=O)NC1=O)C2.O/N=C\c1ccc(Br)cc1.O=Cc1ccc(Br)cc1. The van der Waals surface area contributed by atoms with Crippen LogP contribution in [0.25, 0.3) is 0 Å². The first-order chi connectivity index (χ1) is 36.0. The summed E-state index contributed by atoms with van der Waals surface area (Å²) in [6.07, 6.45) is 8.05. The molecule has 2 atom stereocenters. The van der Waals surface area contributed by atoms with Crippen molar-refractivity contribution in [2.45, 2.75) is 24.2 Å². The number of hydrogen-bond acceptors (Lipinski definition) is 15. The molecule has 0 saturated carbocycles. The number of nitrogens with zero attached hydrogens (tertiary/aromatic N) is 4. The van der Waals surface area contributed by atoms with Crippen LogP contribution in [0.15, 0.2) is 128 Å². The Balaban J connectivity index is 0.000000208. The van der Waals surface area contributed by atoms with Crippen molar-refractivity contribution in [2.24, 2.45) is 10.3 Å². The monoisotopic (exact) mass is 1150 g/mol. The molecule has 5 aromatic rings. The van der Waals surface area contributed by atoms with Gasteiger partial charge < -0.3 is 44.5 Å². The van der Waals surface area contributed by atoms with Crippen LogP contribution >= 0.6 is 31.9 Å². The van der Waals surface area contributed by atoms with E-state index in [-0.39, 0.29) is 31.4 Å². The number of fused-ring (bicyclic) bond motifs is 2. The second-order valence-corrected chi connectivity index (χ2v) is 17.8. The van der Waals surface area contributed by atoms with Crippen molar-refractivity contribution < 1.29 is 62.9 Å². The van der Waals surface area contributed by atoms with E-state index >= 15 is 0 Å². The lowest BCUT2D eigenvalue weighted by Crippen LogP contribution is -2.60. The number of alkyl carbamates (subject to hydrolysis) is 1. The fraction of sp³-hybridized carbons (Fsp3) is 0.189. The molecule has 1 fully saturated rings. The first-order valence-electron chi connectivity index (χ1n) is 21.9. The molecular formula is C53H47Br2N7O13. The van der Waals surface area contributed by atoms with E-state index in [9.17, 15) is 33.6 Å². The number of methoxy groups -OCH3 is 4. The van der Waals surface area contributed by atoms with Crippen molar-refractivity contribution in [2.75, 3.05) is 41.5 Å². The fourth-order valence-electron chi connectivity index (χ4n) is 7.24. The maximum Gasteiger partial charge on any atom is 0.408 e. The Hall–Kier alpha value is -8.99. The van der Waals surface area contributed by atoms with Crippen LogP contribution in [0.4, 0.5) is 9.59 Å². The van der Waals surface area contributed by atoms with Gasteiger partial charge in [0.1, 0.15) is 17.8 Å². The topological polar surface area (TPSA) is 264 Å². The number of esters is 1. The van der Waals surface area contributed by atoms with E-state index in [4.69, 9.17) is 31.0 Å². The van der Waals surface area contributed by atoms with Gasteiger partial charge in [0.05, 0.1) is 54.0 Å². The molecule has 1 saturated heterocycles. The number of amides is 6. The van der Waals surface area contributed by atoms with Gasteiger partial charge in [0.2, 0.25) is 11.1 Å². The number of terminal acetylenes is 1. The second-order valence-electron chi connectivity index (χ2n) is 15.9. The van der Waals surface area contributed by atoms with E-state index in [1.807, 2.05) is 36.4 Å².